The van der Waals surface area contributed by atoms with Crippen molar-refractivity contribution in [1.82, 2.24) is 0 Å². The van der Waals surface area contributed by atoms with Crippen molar-refractivity contribution in [3.63, 3.8) is 0 Å². The van der Waals surface area contributed by atoms with E-state index in [9.17, 15) is 0 Å². The van der Waals surface area contributed by atoms with Gasteiger partial charge in [0.15, 0.2) is 0 Å². The molecule has 0 aromatic rings. The monoisotopic (exact) mass is 240 g/mol. The van der Waals surface area contributed by atoms with Crippen molar-refractivity contribution in [2.24, 2.45) is 5.92 Å². The molecule has 0 radical (unpaired) electrons. The summed E-state index contributed by atoms with van der Waals surface area (Å²) in [6.45, 7) is 22.1. The van der Waals surface area contributed by atoms with E-state index in [1.54, 1.807) is 0 Å². The highest BCUT2D eigenvalue weighted by Crippen LogP contribution is 2.20. The van der Waals surface area contributed by atoms with Crippen molar-refractivity contribution in [2.75, 3.05) is 0 Å². The molecule has 0 heterocycles. The summed E-state index contributed by atoms with van der Waals surface area (Å²) in [5, 5.41) is 0. The Hall–Kier alpha value is -0.520. The molecule has 0 aromatic heterocycles. The normalized spacial score (nSPS) is 12.6. The molecule has 0 aromatic carbocycles. The maximum Gasteiger partial charge on any atom is -0.0303 e. The Morgan fingerprint density at radius 3 is 1.47 bits per heavy atom. The fraction of sp³-hybridized carbons (Fsp3) is 0.765. The highest BCUT2D eigenvalue weighted by atomic mass is 14.1. The van der Waals surface area contributed by atoms with Gasteiger partial charge < -0.3 is 0 Å². The van der Waals surface area contributed by atoms with Gasteiger partial charge in [-0.2, -0.15) is 0 Å². The van der Waals surface area contributed by atoms with Crippen LogP contribution in [0.5, 0.6) is 0 Å². The Kier molecular flexibility index (Phi) is 22.8. The molecule has 0 amide bonds. The Bertz CT molecular complexity index is 155. The molecule has 0 heteroatoms. The summed E-state index contributed by atoms with van der Waals surface area (Å²) in [5.74, 6) is 0.775. The van der Waals surface area contributed by atoms with Crippen molar-refractivity contribution >= 4 is 0 Å². The van der Waals surface area contributed by atoms with Crippen LogP contribution in [0.25, 0.3) is 0 Å². The van der Waals surface area contributed by atoms with Gasteiger partial charge in [0, 0.05) is 0 Å². The maximum absolute atomic E-state index is 3.85. The first kappa shape index (κ1) is 21.7. The third-order valence-electron chi connectivity index (χ3n) is 2.07. The van der Waals surface area contributed by atoms with E-state index in [1.807, 2.05) is 27.7 Å². The van der Waals surface area contributed by atoms with Crippen LogP contribution in [-0.2, 0) is 0 Å². The van der Waals surface area contributed by atoms with Crippen LogP contribution >= 0.6 is 0 Å². The lowest BCUT2D eigenvalue weighted by molar-refractivity contribution is 0.644. The highest BCUT2D eigenvalue weighted by molar-refractivity contribution is 4.98. The van der Waals surface area contributed by atoms with E-state index < -0.39 is 0 Å². The van der Waals surface area contributed by atoms with Gasteiger partial charge in [-0.3, -0.25) is 0 Å². The first-order chi connectivity index (χ1) is 8.02. The number of hydrogen-bond acceptors (Lipinski definition) is 0. The Balaban J connectivity index is -0.000000179. The molecule has 0 unspecified atom stereocenters. The smallest absolute Gasteiger partial charge is 0.0303 e. The second kappa shape index (κ2) is 17.9. The molecule has 0 spiro atoms. The van der Waals surface area contributed by atoms with Crippen LogP contribution in [0.15, 0.2) is 24.3 Å². The SMILES string of the molecule is C=C(C)CC(C)C.C=C1CCCC1.CC.CC. The molecule has 0 nitrogen and oxygen atoms in total. The van der Waals surface area contributed by atoms with Gasteiger partial charge >= 0.3 is 0 Å². The lowest BCUT2D eigenvalue weighted by Gasteiger charge is -1.99. The van der Waals surface area contributed by atoms with Crippen LogP contribution in [0.2, 0.25) is 0 Å². The van der Waals surface area contributed by atoms with Gasteiger partial charge in [-0.15, -0.1) is 6.58 Å². The molecule has 1 fully saturated rings. The summed E-state index contributed by atoms with van der Waals surface area (Å²) in [5.41, 5.74) is 2.74. The van der Waals surface area contributed by atoms with Gasteiger partial charge in [-0.25, -0.2) is 0 Å². The molecule has 0 aliphatic heterocycles. The van der Waals surface area contributed by atoms with Crippen molar-refractivity contribution in [3.8, 4) is 0 Å². The average Bonchev–Trinajstić information content (AvgIpc) is 2.74. The Morgan fingerprint density at radius 1 is 1.06 bits per heavy atom. The van der Waals surface area contributed by atoms with Gasteiger partial charge in [-0.1, -0.05) is 59.3 Å². The number of allylic oxidation sites excluding steroid dienone is 2. The Morgan fingerprint density at radius 2 is 1.41 bits per heavy atom. The second-order valence-electron chi connectivity index (χ2n) is 4.51. The van der Waals surface area contributed by atoms with Gasteiger partial charge in [0.2, 0.25) is 0 Å². The lowest BCUT2D eigenvalue weighted by atomic mass is 10.1. The second-order valence-corrected chi connectivity index (χ2v) is 4.51. The first-order valence-electron chi connectivity index (χ1n) is 7.33. The number of rotatable bonds is 2. The van der Waals surface area contributed by atoms with E-state index in [4.69, 9.17) is 0 Å². The molecular weight excluding hydrogens is 204 g/mol. The van der Waals surface area contributed by atoms with Gasteiger partial charge in [0.25, 0.3) is 0 Å². The summed E-state index contributed by atoms with van der Waals surface area (Å²) in [6.07, 6.45) is 6.53. The molecule has 0 atom stereocenters. The van der Waals surface area contributed by atoms with Crippen molar-refractivity contribution in [3.05, 3.63) is 24.3 Å². The molecule has 0 N–H and O–H groups in total. The molecule has 17 heavy (non-hydrogen) atoms. The van der Waals surface area contributed by atoms with Crippen LogP contribution < -0.4 is 0 Å². The average molecular weight is 240 g/mol. The van der Waals surface area contributed by atoms with Crippen LogP contribution in [-0.4, -0.2) is 0 Å². The summed E-state index contributed by atoms with van der Waals surface area (Å²) in [6, 6.07) is 0. The largest absolute Gasteiger partial charge is 0.100 e. The lowest BCUT2D eigenvalue weighted by Crippen LogP contribution is -1.84. The van der Waals surface area contributed by atoms with E-state index in [2.05, 4.69) is 33.9 Å². The van der Waals surface area contributed by atoms with E-state index in [-0.39, 0.29) is 0 Å². The molecule has 0 bridgehead atoms. The zero-order valence-corrected chi connectivity index (χ0v) is 13.5. The van der Waals surface area contributed by atoms with Crippen LogP contribution in [0.3, 0.4) is 0 Å². The van der Waals surface area contributed by atoms with Crippen molar-refractivity contribution in [1.29, 1.82) is 0 Å². The fourth-order valence-electron chi connectivity index (χ4n) is 1.57. The molecule has 0 saturated heterocycles. The molecule has 1 rings (SSSR count). The first-order valence-corrected chi connectivity index (χ1v) is 7.33. The minimum absolute atomic E-state index is 0.775. The summed E-state index contributed by atoms with van der Waals surface area (Å²) in [7, 11) is 0. The molecule has 1 aliphatic rings. The molecule has 1 saturated carbocycles. The predicted molar refractivity (Wildman–Crippen MR) is 84.6 cm³/mol. The summed E-state index contributed by atoms with van der Waals surface area (Å²) >= 11 is 0. The third-order valence-corrected chi connectivity index (χ3v) is 2.07. The third kappa shape index (κ3) is 25.6. The van der Waals surface area contributed by atoms with Gasteiger partial charge in [-0.05, 0) is 44.9 Å². The van der Waals surface area contributed by atoms with Crippen LogP contribution in [0, 0.1) is 5.92 Å². The Labute approximate surface area is 111 Å². The van der Waals surface area contributed by atoms with E-state index in [0.717, 1.165) is 5.92 Å². The zero-order valence-electron chi connectivity index (χ0n) is 13.5. The van der Waals surface area contributed by atoms with Crippen LogP contribution in [0.1, 0.15) is 80.6 Å². The van der Waals surface area contributed by atoms with Crippen molar-refractivity contribution in [2.45, 2.75) is 80.6 Å². The van der Waals surface area contributed by atoms with E-state index >= 15 is 0 Å². The van der Waals surface area contributed by atoms with Gasteiger partial charge in [0.05, 0.1) is 0 Å². The quantitative estimate of drug-likeness (QED) is 0.467. The molecular formula is C17H36. The minimum atomic E-state index is 0.775. The number of hydrogen-bond donors (Lipinski definition) is 0. The summed E-state index contributed by atoms with van der Waals surface area (Å²) in [4.78, 5) is 0. The topological polar surface area (TPSA) is 0 Å². The van der Waals surface area contributed by atoms with E-state index in [1.165, 1.54) is 43.3 Å². The van der Waals surface area contributed by atoms with E-state index in [0.29, 0.717) is 0 Å². The zero-order chi connectivity index (χ0) is 14.3. The standard InChI is InChI=1S/C7H14.C6H10.2C2H6/c1-6(2)5-7(3)4;1-6-4-2-3-5-6;2*1-2/h7H,1,5H2,2-4H3;1-5H2;2*1-2H3. The predicted octanol–water partition coefficient (Wildman–Crippen LogP) is 6.78. The maximum atomic E-state index is 3.85. The van der Waals surface area contributed by atoms with Gasteiger partial charge in [0.1, 0.15) is 0 Å². The van der Waals surface area contributed by atoms with Crippen molar-refractivity contribution < 1.29 is 0 Å². The summed E-state index contributed by atoms with van der Waals surface area (Å²) < 4.78 is 0. The van der Waals surface area contributed by atoms with Crippen LogP contribution in [0.4, 0.5) is 0 Å². The fourth-order valence-corrected chi connectivity index (χ4v) is 1.57. The minimum Gasteiger partial charge on any atom is -0.100 e. The molecule has 104 valence electrons. The highest BCUT2D eigenvalue weighted by Gasteiger charge is 2.01. The molecule has 1 aliphatic carbocycles.